The highest BCUT2D eigenvalue weighted by atomic mass is 16.1. The minimum Gasteiger partial charge on any atom is -0.351 e. The normalized spacial score (nSPS) is 11.1. The van der Waals surface area contributed by atoms with E-state index in [9.17, 15) is 4.79 Å². The van der Waals surface area contributed by atoms with Gasteiger partial charge in [0.1, 0.15) is 0 Å². The van der Waals surface area contributed by atoms with E-state index < -0.39 is 0 Å². The summed E-state index contributed by atoms with van der Waals surface area (Å²) < 4.78 is 0. The second-order valence-corrected chi connectivity index (χ2v) is 1.48. The van der Waals surface area contributed by atoms with E-state index in [1.165, 1.54) is 0 Å². The Hall–Kier alpha value is -0.790. The average Bonchev–Trinajstić information content (AvgIpc) is 1.84. The molecule has 0 aromatic heterocycles. The number of amides is 1. The lowest BCUT2D eigenvalue weighted by molar-refractivity contribution is -0.116. The lowest BCUT2D eigenvalue weighted by Gasteiger charge is -1.94. The quantitative estimate of drug-likeness (QED) is 0.501. The lowest BCUT2D eigenvalue weighted by atomic mass is 10.3. The fourth-order valence-electron chi connectivity index (χ4n) is 0.271. The molecule has 0 unspecified atom stereocenters. The molecule has 1 radical (unpaired) electrons. The molecule has 2 nitrogen and oxygen atoms in total. The van der Waals surface area contributed by atoms with E-state index in [0.717, 1.165) is 0 Å². The van der Waals surface area contributed by atoms with E-state index >= 15 is 0 Å². The Balaban J connectivity index is 3.83. The van der Waals surface area contributed by atoms with Crippen LogP contribution in [0.3, 0.4) is 0 Å². The summed E-state index contributed by atoms with van der Waals surface area (Å²) in [4.78, 5) is 10.5. The molecule has 0 rings (SSSR count). The highest BCUT2D eigenvalue weighted by Crippen LogP contribution is 1.88. The molecular weight excluding hydrogens is 102 g/mol. The van der Waals surface area contributed by atoms with Gasteiger partial charge in [0.05, 0.1) is 0 Å². The third-order valence-electron chi connectivity index (χ3n) is 0.952. The van der Waals surface area contributed by atoms with Crippen LogP contribution in [-0.4, -0.2) is 5.91 Å². The third kappa shape index (κ3) is 1.78. The molecule has 0 bridgehead atoms. The van der Waals surface area contributed by atoms with Crippen molar-refractivity contribution in [1.82, 2.24) is 5.32 Å². The Bertz CT molecular complexity index is 116. The van der Waals surface area contributed by atoms with Gasteiger partial charge >= 0.3 is 0 Å². The molecule has 0 aromatic carbocycles. The summed E-state index contributed by atoms with van der Waals surface area (Å²) >= 11 is 0. The molecule has 45 valence electrons. The number of rotatable bonds is 1. The van der Waals surface area contributed by atoms with Gasteiger partial charge in [0.15, 0.2) is 0 Å². The molecule has 0 aliphatic rings. The fraction of sp³-hybridized carbons (Fsp3) is 0.333. The van der Waals surface area contributed by atoms with Gasteiger partial charge in [-0.05, 0) is 13.8 Å². The number of hydrogen-bond donors (Lipinski definition) is 1. The van der Waals surface area contributed by atoms with Crippen LogP contribution in [-0.2, 0) is 4.79 Å². The second kappa shape index (κ2) is 3.24. The van der Waals surface area contributed by atoms with Crippen LogP contribution in [0.2, 0.25) is 0 Å². The number of nitrogens with one attached hydrogen (secondary N) is 1. The Kier molecular flexibility index (Phi) is 2.92. The summed E-state index contributed by atoms with van der Waals surface area (Å²) in [5, 5.41) is 2.26. The van der Waals surface area contributed by atoms with Crippen molar-refractivity contribution in [3.05, 3.63) is 18.7 Å². The van der Waals surface area contributed by atoms with Gasteiger partial charge in [0.25, 0.3) is 0 Å². The van der Waals surface area contributed by atoms with Gasteiger partial charge in [0.2, 0.25) is 5.91 Å². The number of allylic oxidation sites excluding steroid dienone is 1. The van der Waals surface area contributed by atoms with Crippen LogP contribution < -0.4 is 5.32 Å². The van der Waals surface area contributed by atoms with Crippen LogP contribution in [0.1, 0.15) is 13.8 Å². The van der Waals surface area contributed by atoms with Gasteiger partial charge in [-0.1, -0.05) is 6.08 Å². The third-order valence-corrected chi connectivity index (χ3v) is 0.952. The van der Waals surface area contributed by atoms with Gasteiger partial charge in [-0.3, -0.25) is 4.79 Å². The molecule has 0 atom stereocenters. The molecule has 0 aromatic rings. The predicted octanol–water partition coefficient (Wildman–Crippen LogP) is 0.860. The maximum Gasteiger partial charge on any atom is 0.246 e. The summed E-state index contributed by atoms with van der Waals surface area (Å²) in [6.07, 6.45) is 1.74. The number of hydrogen-bond acceptors (Lipinski definition) is 1. The van der Waals surface area contributed by atoms with Crippen molar-refractivity contribution in [2.24, 2.45) is 0 Å². The number of carbonyl (C=O) groups excluding carboxylic acids is 1. The zero-order chi connectivity index (χ0) is 6.57. The van der Waals surface area contributed by atoms with Gasteiger partial charge in [-0.2, -0.15) is 0 Å². The highest BCUT2D eigenvalue weighted by molar-refractivity contribution is 5.92. The average molecular weight is 112 g/mol. The van der Waals surface area contributed by atoms with Gasteiger partial charge in [0, 0.05) is 12.6 Å². The van der Waals surface area contributed by atoms with Gasteiger partial charge in [-0.25, -0.2) is 0 Å². The monoisotopic (exact) mass is 112 g/mol. The molecule has 1 N–H and O–H groups in total. The summed E-state index contributed by atoms with van der Waals surface area (Å²) in [6, 6.07) is 0. The Morgan fingerprint density at radius 3 is 2.38 bits per heavy atom. The zero-order valence-electron chi connectivity index (χ0n) is 5.19. The molecule has 0 fully saturated rings. The molecule has 2 heteroatoms. The first kappa shape index (κ1) is 7.21. The first-order valence-corrected chi connectivity index (χ1v) is 2.42. The van der Waals surface area contributed by atoms with Crippen molar-refractivity contribution in [2.45, 2.75) is 13.8 Å². The predicted molar refractivity (Wildman–Crippen MR) is 32.9 cm³/mol. The van der Waals surface area contributed by atoms with Crippen molar-refractivity contribution in [2.75, 3.05) is 0 Å². The molecule has 0 saturated heterocycles. The first-order chi connectivity index (χ1) is 3.72. The molecule has 0 aliphatic heterocycles. The zero-order valence-corrected chi connectivity index (χ0v) is 5.19. The fourth-order valence-corrected chi connectivity index (χ4v) is 0.271. The summed E-state index contributed by atoms with van der Waals surface area (Å²) in [7, 11) is 3.21. The standard InChI is InChI=1S/C6H10NO/c1-4-5(2)6(8)7-3/h4H,3H2,1-2H3,(H,7,8). The minimum atomic E-state index is -0.118. The van der Waals surface area contributed by atoms with E-state index in [2.05, 4.69) is 12.4 Å². The Labute approximate surface area is 49.6 Å². The lowest BCUT2D eigenvalue weighted by Crippen LogP contribution is -2.15. The van der Waals surface area contributed by atoms with E-state index in [0.29, 0.717) is 5.57 Å². The molecule has 0 heterocycles. The van der Waals surface area contributed by atoms with Crippen LogP contribution in [0.5, 0.6) is 0 Å². The van der Waals surface area contributed by atoms with Crippen LogP contribution in [0.15, 0.2) is 11.6 Å². The van der Waals surface area contributed by atoms with Gasteiger partial charge in [-0.15, -0.1) is 0 Å². The SMILES string of the molecule is [CH2]NC(=O)C(C)=CC. The van der Waals surface area contributed by atoms with Crippen LogP contribution in [0, 0.1) is 7.05 Å². The van der Waals surface area contributed by atoms with Crippen molar-refractivity contribution in [3.63, 3.8) is 0 Å². The van der Waals surface area contributed by atoms with Crippen molar-refractivity contribution in [3.8, 4) is 0 Å². The highest BCUT2D eigenvalue weighted by Gasteiger charge is 1.95. The molecule has 0 spiro atoms. The molecule has 1 amide bonds. The smallest absolute Gasteiger partial charge is 0.246 e. The van der Waals surface area contributed by atoms with Crippen LogP contribution in [0.4, 0.5) is 0 Å². The van der Waals surface area contributed by atoms with Crippen LogP contribution >= 0.6 is 0 Å². The maximum atomic E-state index is 10.5. The summed E-state index contributed by atoms with van der Waals surface area (Å²) in [5.74, 6) is -0.118. The Morgan fingerprint density at radius 1 is 1.75 bits per heavy atom. The van der Waals surface area contributed by atoms with Crippen molar-refractivity contribution in [1.29, 1.82) is 0 Å². The van der Waals surface area contributed by atoms with E-state index in [1.54, 1.807) is 13.0 Å². The van der Waals surface area contributed by atoms with E-state index in [-0.39, 0.29) is 5.91 Å². The largest absolute Gasteiger partial charge is 0.351 e. The maximum absolute atomic E-state index is 10.5. The van der Waals surface area contributed by atoms with Gasteiger partial charge < -0.3 is 5.32 Å². The summed E-state index contributed by atoms with van der Waals surface area (Å²) in [5.41, 5.74) is 0.694. The van der Waals surface area contributed by atoms with Crippen molar-refractivity contribution >= 4 is 5.91 Å². The van der Waals surface area contributed by atoms with E-state index in [4.69, 9.17) is 0 Å². The second-order valence-electron chi connectivity index (χ2n) is 1.48. The minimum absolute atomic E-state index is 0.118. The number of carbonyl (C=O) groups is 1. The molecule has 8 heavy (non-hydrogen) atoms. The molecular formula is C6H10NO. The first-order valence-electron chi connectivity index (χ1n) is 2.42. The summed E-state index contributed by atoms with van der Waals surface area (Å²) in [6.45, 7) is 3.55. The van der Waals surface area contributed by atoms with E-state index in [1.807, 2.05) is 6.92 Å². The van der Waals surface area contributed by atoms with Crippen LogP contribution in [0.25, 0.3) is 0 Å². The molecule has 0 aliphatic carbocycles. The molecule has 0 saturated carbocycles. The van der Waals surface area contributed by atoms with Crippen molar-refractivity contribution < 1.29 is 4.79 Å². The Morgan fingerprint density at radius 2 is 2.25 bits per heavy atom. The topological polar surface area (TPSA) is 29.1 Å².